The number of nitrogen functional groups attached to an aromatic ring is 1. The second kappa shape index (κ2) is 9.22. The lowest BCUT2D eigenvalue weighted by atomic mass is 10.0. The molecule has 0 saturated heterocycles. The molecule has 0 fully saturated rings. The summed E-state index contributed by atoms with van der Waals surface area (Å²) in [6, 6.07) is 19.1. The lowest BCUT2D eigenvalue weighted by Crippen LogP contribution is -2.32. The van der Waals surface area contributed by atoms with Gasteiger partial charge in [-0.15, -0.1) is 0 Å². The fourth-order valence-electron chi connectivity index (χ4n) is 3.63. The zero-order valence-corrected chi connectivity index (χ0v) is 18.0. The summed E-state index contributed by atoms with van der Waals surface area (Å²) < 4.78 is 14.6. The van der Waals surface area contributed by atoms with Gasteiger partial charge in [0.15, 0.2) is 0 Å². The van der Waals surface area contributed by atoms with Crippen LogP contribution in [0.3, 0.4) is 0 Å². The maximum Gasteiger partial charge on any atom is 0.320 e. The number of hydrogen-bond acceptors (Lipinski definition) is 6. The summed E-state index contributed by atoms with van der Waals surface area (Å²) in [5.74, 6) is -1.17. The van der Waals surface area contributed by atoms with E-state index in [1.165, 1.54) is 12.1 Å². The maximum atomic E-state index is 14.6. The Morgan fingerprint density at radius 1 is 1.06 bits per heavy atom. The van der Waals surface area contributed by atoms with Gasteiger partial charge in [-0.2, -0.15) is 4.98 Å². The number of carboxylic acid groups (broad SMARTS) is 1. The molecule has 7 nitrogen and oxygen atoms in total. The third-order valence-electron chi connectivity index (χ3n) is 5.47. The van der Waals surface area contributed by atoms with Gasteiger partial charge in [0.1, 0.15) is 17.7 Å². The summed E-state index contributed by atoms with van der Waals surface area (Å²) in [6.45, 7) is 2.00. The first kappa shape index (κ1) is 22.2. The topological polar surface area (TPSA) is 127 Å². The van der Waals surface area contributed by atoms with E-state index in [0.717, 1.165) is 16.3 Å². The Morgan fingerprint density at radius 2 is 1.82 bits per heavy atom. The minimum Gasteiger partial charge on any atom is -0.480 e. The van der Waals surface area contributed by atoms with Crippen molar-refractivity contribution in [3.8, 4) is 11.3 Å². The lowest BCUT2D eigenvalue weighted by Gasteiger charge is -2.16. The van der Waals surface area contributed by atoms with Crippen molar-refractivity contribution in [2.24, 2.45) is 5.73 Å². The quantitative estimate of drug-likeness (QED) is 0.337. The molecule has 4 aromatic rings. The van der Waals surface area contributed by atoms with Gasteiger partial charge >= 0.3 is 5.97 Å². The number of anilines is 2. The van der Waals surface area contributed by atoms with Crippen molar-refractivity contribution in [3.63, 3.8) is 0 Å². The highest BCUT2D eigenvalue weighted by atomic mass is 19.1. The van der Waals surface area contributed by atoms with Crippen LogP contribution in [-0.2, 0) is 11.2 Å². The summed E-state index contributed by atoms with van der Waals surface area (Å²) in [5, 5.41) is 14.5. The molecule has 0 radical (unpaired) electrons. The summed E-state index contributed by atoms with van der Waals surface area (Å²) in [4.78, 5) is 19.7. The summed E-state index contributed by atoms with van der Waals surface area (Å²) >= 11 is 0. The van der Waals surface area contributed by atoms with E-state index in [0.29, 0.717) is 17.2 Å². The van der Waals surface area contributed by atoms with Crippen molar-refractivity contribution in [2.45, 2.75) is 25.4 Å². The molecule has 2 atom stereocenters. The second-order valence-corrected chi connectivity index (χ2v) is 7.93. The molecule has 3 aromatic carbocycles. The SMILES string of the molecule is CC(Nc1nc(N)cc(-c2ccc(CC(N)C(=O)O)c(F)c2)n1)c1ccc2ccccc2c1. The normalized spacial score (nSPS) is 12.9. The number of hydrogen-bond donors (Lipinski definition) is 4. The van der Waals surface area contributed by atoms with Crippen molar-refractivity contribution in [2.75, 3.05) is 11.1 Å². The molecule has 0 aliphatic carbocycles. The molecule has 2 unspecified atom stereocenters. The van der Waals surface area contributed by atoms with Gasteiger partial charge in [0.25, 0.3) is 0 Å². The molecule has 0 amide bonds. The smallest absolute Gasteiger partial charge is 0.320 e. The highest BCUT2D eigenvalue weighted by Gasteiger charge is 2.16. The van der Waals surface area contributed by atoms with Crippen LogP contribution < -0.4 is 16.8 Å². The highest BCUT2D eigenvalue weighted by Crippen LogP contribution is 2.26. The van der Waals surface area contributed by atoms with Crippen LogP contribution in [0.15, 0.2) is 66.7 Å². The van der Waals surface area contributed by atoms with E-state index < -0.39 is 17.8 Å². The van der Waals surface area contributed by atoms with Gasteiger partial charge in [-0.05, 0) is 41.0 Å². The molecule has 33 heavy (non-hydrogen) atoms. The van der Waals surface area contributed by atoms with E-state index in [2.05, 4.69) is 39.6 Å². The molecule has 1 heterocycles. The van der Waals surface area contributed by atoms with Gasteiger partial charge in [-0.25, -0.2) is 9.37 Å². The average Bonchev–Trinajstić information content (AvgIpc) is 2.79. The monoisotopic (exact) mass is 445 g/mol. The summed E-state index contributed by atoms with van der Waals surface area (Å²) in [6.07, 6.45) is -0.108. The Hall–Kier alpha value is -4.04. The molecule has 1 aromatic heterocycles. The van der Waals surface area contributed by atoms with Crippen molar-refractivity contribution < 1.29 is 14.3 Å². The molecule has 168 valence electrons. The van der Waals surface area contributed by atoms with Crippen molar-refractivity contribution in [3.05, 3.63) is 83.7 Å². The number of aromatic nitrogens is 2. The predicted octanol–water partition coefficient (Wildman–Crippen LogP) is 4.15. The van der Waals surface area contributed by atoms with E-state index in [4.69, 9.17) is 16.6 Å². The van der Waals surface area contributed by atoms with E-state index in [1.54, 1.807) is 12.1 Å². The van der Waals surface area contributed by atoms with Gasteiger partial charge in [0.05, 0.1) is 11.7 Å². The molecule has 0 saturated carbocycles. The van der Waals surface area contributed by atoms with Crippen LogP contribution in [0, 0.1) is 5.82 Å². The number of halogens is 1. The fraction of sp³-hybridized carbons (Fsp3) is 0.160. The molecule has 0 aliphatic rings. The minimum absolute atomic E-state index is 0.0964. The number of nitrogens with zero attached hydrogens (tertiary/aromatic N) is 2. The van der Waals surface area contributed by atoms with Crippen LogP contribution in [0.25, 0.3) is 22.0 Å². The van der Waals surface area contributed by atoms with Gasteiger partial charge in [0.2, 0.25) is 5.95 Å². The van der Waals surface area contributed by atoms with E-state index >= 15 is 0 Å². The Kier molecular flexibility index (Phi) is 6.19. The number of rotatable bonds is 7. The number of nitrogens with two attached hydrogens (primary N) is 2. The number of carboxylic acids is 1. The minimum atomic E-state index is -1.18. The third kappa shape index (κ3) is 5.07. The summed E-state index contributed by atoms with van der Waals surface area (Å²) in [5.41, 5.74) is 13.7. The molecule has 6 N–H and O–H groups in total. The van der Waals surface area contributed by atoms with E-state index in [9.17, 15) is 9.18 Å². The highest BCUT2D eigenvalue weighted by molar-refractivity contribution is 5.83. The molecule has 4 rings (SSSR count). The van der Waals surface area contributed by atoms with Crippen LogP contribution in [0.5, 0.6) is 0 Å². The largest absolute Gasteiger partial charge is 0.480 e. The maximum absolute atomic E-state index is 14.6. The zero-order valence-electron chi connectivity index (χ0n) is 18.0. The first-order chi connectivity index (χ1) is 15.8. The Bertz CT molecular complexity index is 1330. The first-order valence-electron chi connectivity index (χ1n) is 10.5. The van der Waals surface area contributed by atoms with Crippen molar-refractivity contribution in [1.29, 1.82) is 0 Å². The van der Waals surface area contributed by atoms with Crippen LogP contribution in [0.1, 0.15) is 24.1 Å². The molecule has 8 heteroatoms. The fourth-order valence-corrected chi connectivity index (χ4v) is 3.63. The molecule has 0 aliphatic heterocycles. The second-order valence-electron chi connectivity index (χ2n) is 7.93. The number of fused-ring (bicyclic) bond motifs is 1. The van der Waals surface area contributed by atoms with Gasteiger partial charge in [0, 0.05) is 18.1 Å². The lowest BCUT2D eigenvalue weighted by molar-refractivity contribution is -0.138. The van der Waals surface area contributed by atoms with Crippen LogP contribution >= 0.6 is 0 Å². The number of aliphatic carboxylic acids is 1. The van der Waals surface area contributed by atoms with Crippen molar-refractivity contribution in [1.82, 2.24) is 9.97 Å². The van der Waals surface area contributed by atoms with Gasteiger partial charge < -0.3 is 21.9 Å². The van der Waals surface area contributed by atoms with Crippen LogP contribution in [-0.4, -0.2) is 27.1 Å². The van der Waals surface area contributed by atoms with E-state index in [1.807, 2.05) is 25.1 Å². The predicted molar refractivity (Wildman–Crippen MR) is 127 cm³/mol. The number of nitrogens with one attached hydrogen (secondary N) is 1. The Labute approximate surface area is 190 Å². The number of carbonyl (C=O) groups is 1. The third-order valence-corrected chi connectivity index (χ3v) is 5.47. The van der Waals surface area contributed by atoms with Gasteiger partial charge in [-0.1, -0.05) is 48.5 Å². The zero-order chi connectivity index (χ0) is 23.5. The van der Waals surface area contributed by atoms with Crippen molar-refractivity contribution >= 4 is 28.5 Å². The summed E-state index contributed by atoms with van der Waals surface area (Å²) in [7, 11) is 0. The number of benzene rings is 3. The molecular weight excluding hydrogens is 421 g/mol. The van der Waals surface area contributed by atoms with E-state index in [-0.39, 0.29) is 23.8 Å². The van der Waals surface area contributed by atoms with Crippen LogP contribution in [0.2, 0.25) is 0 Å². The molecule has 0 spiro atoms. The molecule has 0 bridgehead atoms. The standard InChI is InChI=1S/C25H24FN5O2/c1-14(16-7-6-15-4-2-3-5-17(15)10-16)29-25-30-22(13-23(28)31-25)19-9-8-18(20(26)11-19)12-21(27)24(32)33/h2-11,13-14,21H,12,27H2,1H3,(H,32,33)(H3,28,29,30,31). The average molecular weight is 445 g/mol. The van der Waals surface area contributed by atoms with Crippen LogP contribution in [0.4, 0.5) is 16.2 Å². The Balaban J connectivity index is 1.57. The molecular formula is C25H24FN5O2. The van der Waals surface area contributed by atoms with Gasteiger partial charge in [-0.3, -0.25) is 4.79 Å². The Morgan fingerprint density at radius 3 is 2.55 bits per heavy atom. The first-order valence-corrected chi connectivity index (χ1v) is 10.5.